The number of rotatable bonds is 3. The van der Waals surface area contributed by atoms with Crippen LogP contribution in [0.2, 0.25) is 0 Å². The highest BCUT2D eigenvalue weighted by molar-refractivity contribution is 5.78. The number of nitrogens with zero attached hydrogens (tertiary/aromatic N) is 5. The van der Waals surface area contributed by atoms with E-state index < -0.39 is 0 Å². The number of amides is 1. The van der Waals surface area contributed by atoms with Gasteiger partial charge in [-0.25, -0.2) is 14.1 Å². The lowest BCUT2D eigenvalue weighted by molar-refractivity contribution is -0.135. The van der Waals surface area contributed by atoms with Gasteiger partial charge in [-0.3, -0.25) is 14.2 Å². The van der Waals surface area contributed by atoms with E-state index in [2.05, 4.69) is 10.1 Å². The van der Waals surface area contributed by atoms with Crippen molar-refractivity contribution in [1.29, 1.82) is 0 Å². The number of carbonyl (C=O) groups excluding carboxylic acids is 1. The number of aromatic nitrogens is 4. The second kappa shape index (κ2) is 6.68. The van der Waals surface area contributed by atoms with Crippen molar-refractivity contribution in [1.82, 2.24) is 24.2 Å². The number of benzene rings is 1. The maximum Gasteiger partial charge on any atom is 0.264 e. The first-order chi connectivity index (χ1) is 12.6. The van der Waals surface area contributed by atoms with Crippen LogP contribution in [-0.4, -0.2) is 56.4 Å². The van der Waals surface area contributed by atoms with Crippen LogP contribution in [0.4, 0.5) is 4.39 Å². The van der Waals surface area contributed by atoms with Gasteiger partial charge < -0.3 is 9.64 Å². The monoisotopic (exact) mass is 357 g/mol. The maximum absolute atomic E-state index is 13.1. The lowest BCUT2D eigenvalue weighted by Crippen LogP contribution is -2.43. The minimum absolute atomic E-state index is 0.0799. The fourth-order valence-corrected chi connectivity index (χ4v) is 2.89. The molecule has 0 unspecified atom stereocenters. The van der Waals surface area contributed by atoms with Crippen LogP contribution in [0, 0.1) is 5.82 Å². The zero-order valence-corrected chi connectivity index (χ0v) is 13.8. The van der Waals surface area contributed by atoms with Crippen LogP contribution >= 0.6 is 0 Å². The van der Waals surface area contributed by atoms with Gasteiger partial charge in [0.05, 0.1) is 25.1 Å². The first kappa shape index (κ1) is 16.4. The molecular formula is C17H16FN5O3. The number of carbonyl (C=O) groups is 1. The van der Waals surface area contributed by atoms with Gasteiger partial charge in [-0.1, -0.05) is 0 Å². The van der Waals surface area contributed by atoms with Gasteiger partial charge in [0.2, 0.25) is 5.91 Å². The number of ether oxygens (including phenoxy) is 1. The summed E-state index contributed by atoms with van der Waals surface area (Å²) in [5, 5.41) is 4.47. The highest BCUT2D eigenvalue weighted by Gasteiger charge is 2.19. The predicted molar refractivity (Wildman–Crippen MR) is 90.5 cm³/mol. The molecule has 0 spiro atoms. The van der Waals surface area contributed by atoms with E-state index in [1.807, 2.05) is 0 Å². The second-order valence-electron chi connectivity index (χ2n) is 5.94. The molecule has 0 atom stereocenters. The van der Waals surface area contributed by atoms with Gasteiger partial charge in [-0.05, 0) is 24.3 Å². The molecule has 8 nitrogen and oxygen atoms in total. The average molecular weight is 357 g/mol. The number of morpholine rings is 1. The minimum atomic E-state index is -0.359. The van der Waals surface area contributed by atoms with E-state index in [1.165, 1.54) is 33.9 Å². The fraction of sp³-hybridized carbons (Fsp3) is 0.294. The van der Waals surface area contributed by atoms with E-state index in [0.717, 1.165) is 0 Å². The Bertz CT molecular complexity index is 1010. The van der Waals surface area contributed by atoms with Gasteiger partial charge >= 0.3 is 0 Å². The first-order valence-electron chi connectivity index (χ1n) is 8.18. The van der Waals surface area contributed by atoms with Crippen LogP contribution < -0.4 is 5.56 Å². The molecule has 134 valence electrons. The second-order valence-corrected chi connectivity index (χ2v) is 5.94. The molecule has 0 radical (unpaired) electrons. The molecular weight excluding hydrogens is 341 g/mol. The SMILES string of the molecule is O=C(Cn1cnc2c(cnn2-c2ccc(F)cc2)c1=O)N1CCOCC1. The molecule has 1 aliphatic rings. The van der Waals surface area contributed by atoms with E-state index >= 15 is 0 Å². The Morgan fingerprint density at radius 2 is 1.92 bits per heavy atom. The van der Waals surface area contributed by atoms with Crippen molar-refractivity contribution in [2.75, 3.05) is 26.3 Å². The Hall–Kier alpha value is -3.07. The van der Waals surface area contributed by atoms with Gasteiger partial charge in [-0.2, -0.15) is 5.10 Å². The van der Waals surface area contributed by atoms with Crippen LogP contribution in [0.15, 0.2) is 41.6 Å². The summed E-state index contributed by atoms with van der Waals surface area (Å²) in [7, 11) is 0. The largest absolute Gasteiger partial charge is 0.378 e. The molecule has 9 heteroatoms. The summed E-state index contributed by atoms with van der Waals surface area (Å²) < 4.78 is 21.1. The van der Waals surface area contributed by atoms with Crippen molar-refractivity contribution < 1.29 is 13.9 Å². The molecule has 1 aromatic carbocycles. The standard InChI is InChI=1S/C17H16FN5O3/c18-12-1-3-13(4-2-12)23-16-14(9-20-23)17(25)22(11-19-16)10-15(24)21-5-7-26-8-6-21/h1-4,9,11H,5-8,10H2. The smallest absolute Gasteiger partial charge is 0.264 e. The van der Waals surface area contributed by atoms with Crippen LogP contribution in [0.5, 0.6) is 0 Å². The van der Waals surface area contributed by atoms with E-state index in [-0.39, 0.29) is 23.8 Å². The Balaban J connectivity index is 1.64. The summed E-state index contributed by atoms with van der Waals surface area (Å²) >= 11 is 0. The molecule has 1 saturated heterocycles. The summed E-state index contributed by atoms with van der Waals surface area (Å²) in [6.07, 6.45) is 2.74. The first-order valence-corrected chi connectivity index (χ1v) is 8.18. The third-order valence-corrected chi connectivity index (χ3v) is 4.30. The molecule has 1 aliphatic heterocycles. The molecule has 1 fully saturated rings. The van der Waals surface area contributed by atoms with Crippen molar-refractivity contribution in [3.05, 3.63) is 53.0 Å². The molecule has 4 rings (SSSR count). The van der Waals surface area contributed by atoms with Crippen molar-refractivity contribution in [3.8, 4) is 5.69 Å². The van der Waals surface area contributed by atoms with E-state index in [4.69, 9.17) is 4.74 Å². The zero-order valence-electron chi connectivity index (χ0n) is 13.8. The molecule has 0 N–H and O–H groups in total. The summed E-state index contributed by atoms with van der Waals surface area (Å²) in [6, 6.07) is 5.73. The predicted octanol–water partition coefficient (Wildman–Crippen LogP) is 0.580. The van der Waals surface area contributed by atoms with Crippen molar-refractivity contribution >= 4 is 16.9 Å². The lowest BCUT2D eigenvalue weighted by atomic mass is 10.3. The Labute approximate surface area is 147 Å². The summed E-state index contributed by atoms with van der Waals surface area (Å²) in [4.78, 5) is 30.9. The number of hydrogen-bond acceptors (Lipinski definition) is 5. The number of hydrogen-bond donors (Lipinski definition) is 0. The fourth-order valence-electron chi connectivity index (χ4n) is 2.89. The van der Waals surface area contributed by atoms with Crippen molar-refractivity contribution in [2.45, 2.75) is 6.54 Å². The molecule has 2 aromatic heterocycles. The van der Waals surface area contributed by atoms with E-state index in [9.17, 15) is 14.0 Å². The minimum Gasteiger partial charge on any atom is -0.378 e. The molecule has 0 saturated carbocycles. The molecule has 26 heavy (non-hydrogen) atoms. The van der Waals surface area contributed by atoms with Gasteiger partial charge in [0.15, 0.2) is 5.65 Å². The average Bonchev–Trinajstić information content (AvgIpc) is 3.10. The van der Waals surface area contributed by atoms with Gasteiger partial charge in [-0.15, -0.1) is 0 Å². The number of fused-ring (bicyclic) bond motifs is 1. The molecule has 3 heterocycles. The van der Waals surface area contributed by atoms with Crippen LogP contribution in [0.3, 0.4) is 0 Å². The van der Waals surface area contributed by atoms with Crippen molar-refractivity contribution in [2.24, 2.45) is 0 Å². The normalized spacial score (nSPS) is 14.7. The summed E-state index contributed by atoms with van der Waals surface area (Å²) in [5.74, 6) is -0.510. The van der Waals surface area contributed by atoms with E-state index in [0.29, 0.717) is 43.0 Å². The lowest BCUT2D eigenvalue weighted by Gasteiger charge is -2.26. The summed E-state index contributed by atoms with van der Waals surface area (Å²) in [5.41, 5.74) is 0.608. The topological polar surface area (TPSA) is 82.2 Å². The van der Waals surface area contributed by atoms with Crippen molar-refractivity contribution in [3.63, 3.8) is 0 Å². The van der Waals surface area contributed by atoms with Crippen LogP contribution in [0.1, 0.15) is 0 Å². The molecule has 3 aromatic rings. The molecule has 0 aliphatic carbocycles. The van der Waals surface area contributed by atoms with Gasteiger partial charge in [0.25, 0.3) is 5.56 Å². The highest BCUT2D eigenvalue weighted by atomic mass is 19.1. The number of halogens is 1. The van der Waals surface area contributed by atoms with Gasteiger partial charge in [0, 0.05) is 13.1 Å². The highest BCUT2D eigenvalue weighted by Crippen LogP contribution is 2.14. The Kier molecular flexibility index (Phi) is 4.21. The third kappa shape index (κ3) is 2.97. The van der Waals surface area contributed by atoms with Crippen LogP contribution in [0.25, 0.3) is 16.7 Å². The molecule has 1 amide bonds. The van der Waals surface area contributed by atoms with Gasteiger partial charge in [0.1, 0.15) is 24.1 Å². The Morgan fingerprint density at radius 1 is 1.19 bits per heavy atom. The van der Waals surface area contributed by atoms with E-state index in [1.54, 1.807) is 17.0 Å². The zero-order chi connectivity index (χ0) is 18.1. The Morgan fingerprint density at radius 3 is 2.65 bits per heavy atom. The quantitative estimate of drug-likeness (QED) is 0.685. The summed E-state index contributed by atoms with van der Waals surface area (Å²) in [6.45, 7) is 1.96. The van der Waals surface area contributed by atoms with Crippen LogP contribution in [-0.2, 0) is 16.1 Å². The molecule has 0 bridgehead atoms. The third-order valence-electron chi connectivity index (χ3n) is 4.30. The maximum atomic E-state index is 13.1.